The van der Waals surface area contributed by atoms with E-state index in [1.807, 2.05) is 0 Å². The van der Waals surface area contributed by atoms with E-state index in [1.165, 1.54) is 0 Å². The van der Waals surface area contributed by atoms with Crippen molar-refractivity contribution in [3.63, 3.8) is 0 Å². The van der Waals surface area contributed by atoms with Crippen LogP contribution in [0.1, 0.15) is 27.6 Å². The molecule has 0 atom stereocenters. The molecule has 1 aromatic carbocycles. The van der Waals surface area contributed by atoms with Gasteiger partial charge in [-0.3, -0.25) is 4.79 Å². The normalized spacial score (nSPS) is 9.70. The van der Waals surface area contributed by atoms with Gasteiger partial charge in [-0.05, 0) is 31.2 Å². The van der Waals surface area contributed by atoms with E-state index in [4.69, 9.17) is 10.3 Å². The highest BCUT2D eigenvalue weighted by molar-refractivity contribution is 5.94. The summed E-state index contributed by atoms with van der Waals surface area (Å²) in [5, 5.41) is 6.34. The fraction of sp³-hybridized carbons (Fsp3) is 0.214. The summed E-state index contributed by atoms with van der Waals surface area (Å²) in [5.74, 6) is 6.35. The zero-order valence-electron chi connectivity index (χ0n) is 11.0. The van der Waals surface area contributed by atoms with Crippen molar-refractivity contribution in [2.24, 2.45) is 5.73 Å². The molecule has 6 heteroatoms. The number of nitrogens with one attached hydrogen (secondary N) is 1. The predicted octanol–water partition coefficient (Wildman–Crippen LogP) is 0.618. The fourth-order valence-electron chi connectivity index (χ4n) is 1.53. The number of carbonyl (C=O) groups excluding carboxylic acids is 1. The first kappa shape index (κ1) is 13.8. The van der Waals surface area contributed by atoms with Gasteiger partial charge in [0, 0.05) is 11.1 Å². The average molecular weight is 270 g/mol. The number of carbonyl (C=O) groups is 1. The number of hydrogen-bond donors (Lipinski definition) is 2. The van der Waals surface area contributed by atoms with E-state index in [0.717, 1.165) is 5.56 Å². The zero-order valence-corrected chi connectivity index (χ0v) is 11.0. The number of aryl methyl sites for hydroxylation is 1. The number of nitrogens with zero attached hydrogens (tertiary/aromatic N) is 2. The molecular weight excluding hydrogens is 256 g/mol. The second-order valence-electron chi connectivity index (χ2n) is 4.00. The highest BCUT2D eigenvalue weighted by atomic mass is 16.5. The third-order valence-electron chi connectivity index (χ3n) is 2.45. The largest absolute Gasteiger partial charge is 0.343 e. The first-order valence-electron chi connectivity index (χ1n) is 6.05. The highest BCUT2D eigenvalue weighted by Gasteiger charge is 2.07. The van der Waals surface area contributed by atoms with Crippen LogP contribution in [0.25, 0.3) is 0 Å². The SMILES string of the molecule is Cc1noc(CNC(=O)c2ccc(C#CCN)cc2)n1. The van der Waals surface area contributed by atoms with Gasteiger partial charge in [-0.25, -0.2) is 0 Å². The molecule has 0 saturated heterocycles. The monoisotopic (exact) mass is 270 g/mol. The predicted molar refractivity (Wildman–Crippen MR) is 72.6 cm³/mol. The Balaban J connectivity index is 1.95. The quantitative estimate of drug-likeness (QED) is 0.797. The van der Waals surface area contributed by atoms with E-state index in [1.54, 1.807) is 31.2 Å². The standard InChI is InChI=1S/C14H14N4O2/c1-10-17-13(20-18-10)9-16-14(19)12-6-4-11(5-7-12)3-2-8-15/h4-7H,8-9,15H2,1H3,(H,16,19). The Labute approximate surface area is 116 Å². The van der Waals surface area contributed by atoms with E-state index < -0.39 is 0 Å². The summed E-state index contributed by atoms with van der Waals surface area (Å²) in [7, 11) is 0. The van der Waals surface area contributed by atoms with Crippen LogP contribution in [0.5, 0.6) is 0 Å². The lowest BCUT2D eigenvalue weighted by atomic mass is 10.1. The molecule has 0 spiro atoms. The molecule has 3 N–H and O–H groups in total. The van der Waals surface area contributed by atoms with Crippen molar-refractivity contribution >= 4 is 5.91 Å². The molecule has 6 nitrogen and oxygen atoms in total. The van der Waals surface area contributed by atoms with Crippen LogP contribution in [0.2, 0.25) is 0 Å². The van der Waals surface area contributed by atoms with Gasteiger partial charge in [0.1, 0.15) is 0 Å². The summed E-state index contributed by atoms with van der Waals surface area (Å²) in [6.45, 7) is 2.23. The van der Waals surface area contributed by atoms with Crippen molar-refractivity contribution in [2.45, 2.75) is 13.5 Å². The van der Waals surface area contributed by atoms with E-state index in [0.29, 0.717) is 23.8 Å². The molecule has 2 rings (SSSR count). The zero-order chi connectivity index (χ0) is 14.4. The summed E-state index contributed by atoms with van der Waals surface area (Å²) in [6.07, 6.45) is 0. The van der Waals surface area contributed by atoms with Crippen molar-refractivity contribution in [3.8, 4) is 11.8 Å². The topological polar surface area (TPSA) is 94.0 Å². The Morgan fingerprint density at radius 2 is 2.15 bits per heavy atom. The third-order valence-corrected chi connectivity index (χ3v) is 2.45. The molecule has 0 aliphatic carbocycles. The molecule has 20 heavy (non-hydrogen) atoms. The maximum absolute atomic E-state index is 11.9. The van der Waals surface area contributed by atoms with E-state index in [2.05, 4.69) is 27.3 Å². The Morgan fingerprint density at radius 3 is 2.75 bits per heavy atom. The highest BCUT2D eigenvalue weighted by Crippen LogP contribution is 2.04. The number of hydrogen-bond acceptors (Lipinski definition) is 5. The molecule has 0 bridgehead atoms. The lowest BCUT2D eigenvalue weighted by molar-refractivity contribution is 0.0946. The first-order chi connectivity index (χ1) is 9.69. The molecule has 1 aromatic heterocycles. The van der Waals surface area contributed by atoms with Crippen LogP contribution >= 0.6 is 0 Å². The fourth-order valence-corrected chi connectivity index (χ4v) is 1.53. The third kappa shape index (κ3) is 3.67. The molecule has 0 saturated carbocycles. The van der Waals surface area contributed by atoms with Crippen LogP contribution in [-0.2, 0) is 6.54 Å². The van der Waals surface area contributed by atoms with E-state index >= 15 is 0 Å². The van der Waals surface area contributed by atoms with Crippen LogP contribution in [-0.4, -0.2) is 22.6 Å². The van der Waals surface area contributed by atoms with Crippen molar-refractivity contribution in [3.05, 3.63) is 47.1 Å². The summed E-state index contributed by atoms with van der Waals surface area (Å²) in [5.41, 5.74) is 6.65. The molecule has 0 fully saturated rings. The van der Waals surface area contributed by atoms with E-state index in [9.17, 15) is 4.79 Å². The summed E-state index contributed by atoms with van der Waals surface area (Å²) in [6, 6.07) is 6.95. The number of benzene rings is 1. The first-order valence-corrected chi connectivity index (χ1v) is 6.05. The Kier molecular flexibility index (Phi) is 4.47. The van der Waals surface area contributed by atoms with E-state index in [-0.39, 0.29) is 12.5 Å². The van der Waals surface area contributed by atoms with Crippen LogP contribution in [0.15, 0.2) is 28.8 Å². The number of amides is 1. The lowest BCUT2D eigenvalue weighted by Gasteiger charge is -2.02. The number of nitrogens with two attached hydrogens (primary N) is 1. The van der Waals surface area contributed by atoms with Crippen molar-refractivity contribution in [2.75, 3.05) is 6.54 Å². The van der Waals surface area contributed by atoms with Gasteiger partial charge >= 0.3 is 0 Å². The molecule has 0 unspecified atom stereocenters. The van der Waals surface area contributed by atoms with Crippen LogP contribution in [0, 0.1) is 18.8 Å². The van der Waals surface area contributed by atoms with Gasteiger partial charge in [-0.2, -0.15) is 4.98 Å². The maximum atomic E-state index is 11.9. The van der Waals surface area contributed by atoms with Gasteiger partial charge in [-0.1, -0.05) is 17.0 Å². The lowest BCUT2D eigenvalue weighted by Crippen LogP contribution is -2.22. The maximum Gasteiger partial charge on any atom is 0.251 e. The molecule has 1 heterocycles. The molecule has 0 aliphatic rings. The smallest absolute Gasteiger partial charge is 0.251 e. The van der Waals surface area contributed by atoms with Gasteiger partial charge in [-0.15, -0.1) is 0 Å². The van der Waals surface area contributed by atoms with Crippen LogP contribution in [0.3, 0.4) is 0 Å². The minimum absolute atomic E-state index is 0.203. The van der Waals surface area contributed by atoms with Gasteiger partial charge in [0.15, 0.2) is 5.82 Å². The second kappa shape index (κ2) is 6.50. The summed E-state index contributed by atoms with van der Waals surface area (Å²) < 4.78 is 4.91. The molecule has 0 radical (unpaired) electrons. The molecular formula is C14H14N4O2. The van der Waals surface area contributed by atoms with Gasteiger partial charge < -0.3 is 15.6 Å². The minimum atomic E-state index is -0.209. The number of aromatic nitrogens is 2. The Hall–Kier alpha value is -2.65. The van der Waals surface area contributed by atoms with Crippen LogP contribution in [0.4, 0.5) is 0 Å². The number of rotatable bonds is 3. The van der Waals surface area contributed by atoms with Crippen molar-refractivity contribution in [1.82, 2.24) is 15.5 Å². The van der Waals surface area contributed by atoms with Crippen molar-refractivity contribution < 1.29 is 9.32 Å². The Bertz CT molecular complexity index is 650. The van der Waals surface area contributed by atoms with Gasteiger partial charge in [0.2, 0.25) is 5.89 Å². The summed E-state index contributed by atoms with van der Waals surface area (Å²) in [4.78, 5) is 15.9. The van der Waals surface area contributed by atoms with Crippen LogP contribution < -0.4 is 11.1 Å². The summed E-state index contributed by atoms with van der Waals surface area (Å²) >= 11 is 0. The van der Waals surface area contributed by atoms with Gasteiger partial charge in [0.25, 0.3) is 5.91 Å². The van der Waals surface area contributed by atoms with Gasteiger partial charge in [0.05, 0.1) is 13.1 Å². The minimum Gasteiger partial charge on any atom is -0.343 e. The second-order valence-corrected chi connectivity index (χ2v) is 4.00. The molecule has 0 aliphatic heterocycles. The molecule has 102 valence electrons. The van der Waals surface area contributed by atoms with Crippen molar-refractivity contribution in [1.29, 1.82) is 0 Å². The molecule has 2 aromatic rings. The molecule has 1 amide bonds. The Morgan fingerprint density at radius 1 is 1.40 bits per heavy atom. The average Bonchev–Trinajstić information content (AvgIpc) is 2.89.